The van der Waals surface area contributed by atoms with Crippen molar-refractivity contribution in [2.24, 2.45) is 5.73 Å². The first-order valence-corrected chi connectivity index (χ1v) is 12.4. The number of nitriles is 1. The summed E-state index contributed by atoms with van der Waals surface area (Å²) in [6.45, 7) is 5.17. The first-order chi connectivity index (χ1) is 18.0. The van der Waals surface area contributed by atoms with Crippen molar-refractivity contribution in [3.05, 3.63) is 94.9 Å². The highest BCUT2D eigenvalue weighted by Crippen LogP contribution is 2.45. The maximum atomic E-state index is 12.8. The third-order valence-corrected chi connectivity index (χ3v) is 6.04. The molecule has 37 heavy (non-hydrogen) atoms. The van der Waals surface area contributed by atoms with Crippen LogP contribution in [0.15, 0.2) is 78.2 Å². The number of fused-ring (bicyclic) bond motifs is 1. The SMILES string of the molecule is CCCCCOc1ccc(C(=O)Oc2ccc3c(c2)OC(N)=C(C#N)C3c2ccccc2OCC)cc1. The van der Waals surface area contributed by atoms with Crippen molar-refractivity contribution in [3.8, 4) is 29.1 Å². The lowest BCUT2D eigenvalue weighted by atomic mass is 9.83. The van der Waals surface area contributed by atoms with Crippen LogP contribution in [0.4, 0.5) is 0 Å². The van der Waals surface area contributed by atoms with E-state index in [0.717, 1.165) is 30.4 Å². The summed E-state index contributed by atoms with van der Waals surface area (Å²) in [5, 5.41) is 9.84. The van der Waals surface area contributed by atoms with Crippen LogP contribution in [0.5, 0.6) is 23.0 Å². The quantitative estimate of drug-likeness (QED) is 0.205. The lowest BCUT2D eigenvalue weighted by Gasteiger charge is -2.27. The molecule has 0 fully saturated rings. The third-order valence-electron chi connectivity index (χ3n) is 6.04. The van der Waals surface area contributed by atoms with Gasteiger partial charge in [-0.3, -0.25) is 0 Å². The molecule has 0 spiro atoms. The highest BCUT2D eigenvalue weighted by Gasteiger charge is 2.33. The zero-order valence-electron chi connectivity index (χ0n) is 21.0. The number of esters is 1. The topological polar surface area (TPSA) is 104 Å². The lowest BCUT2D eigenvalue weighted by molar-refractivity contribution is 0.0734. The van der Waals surface area contributed by atoms with Gasteiger partial charge in [0.1, 0.15) is 34.6 Å². The Balaban J connectivity index is 1.55. The molecule has 7 nitrogen and oxygen atoms in total. The lowest BCUT2D eigenvalue weighted by Crippen LogP contribution is -2.21. The molecule has 4 rings (SSSR count). The van der Waals surface area contributed by atoms with Crippen molar-refractivity contribution in [3.63, 3.8) is 0 Å². The number of nitrogens with two attached hydrogens (primary N) is 1. The van der Waals surface area contributed by atoms with Crippen molar-refractivity contribution < 1.29 is 23.7 Å². The third kappa shape index (κ3) is 5.87. The van der Waals surface area contributed by atoms with Crippen LogP contribution in [0.25, 0.3) is 0 Å². The van der Waals surface area contributed by atoms with E-state index in [1.54, 1.807) is 42.5 Å². The van der Waals surface area contributed by atoms with E-state index < -0.39 is 11.9 Å². The van der Waals surface area contributed by atoms with Crippen LogP contribution in [-0.2, 0) is 0 Å². The summed E-state index contributed by atoms with van der Waals surface area (Å²) in [7, 11) is 0. The summed E-state index contributed by atoms with van der Waals surface area (Å²) in [5.74, 6) is 1.10. The molecule has 0 amide bonds. The van der Waals surface area contributed by atoms with Gasteiger partial charge >= 0.3 is 5.97 Å². The van der Waals surface area contributed by atoms with Gasteiger partial charge in [-0.25, -0.2) is 4.79 Å². The second-order valence-corrected chi connectivity index (χ2v) is 8.56. The number of rotatable bonds is 10. The van der Waals surface area contributed by atoms with Crippen LogP contribution >= 0.6 is 0 Å². The summed E-state index contributed by atoms with van der Waals surface area (Å²) >= 11 is 0. The van der Waals surface area contributed by atoms with Crippen LogP contribution < -0.4 is 24.7 Å². The van der Waals surface area contributed by atoms with E-state index in [2.05, 4.69) is 13.0 Å². The Hall–Kier alpha value is -4.44. The van der Waals surface area contributed by atoms with E-state index in [4.69, 9.17) is 24.7 Å². The number of ether oxygens (including phenoxy) is 4. The average Bonchev–Trinajstić information content (AvgIpc) is 2.91. The fourth-order valence-corrected chi connectivity index (χ4v) is 4.22. The molecule has 1 heterocycles. The fraction of sp³-hybridized carbons (Fsp3) is 0.267. The van der Waals surface area contributed by atoms with Crippen LogP contribution in [0.3, 0.4) is 0 Å². The first-order valence-electron chi connectivity index (χ1n) is 12.4. The highest BCUT2D eigenvalue weighted by molar-refractivity contribution is 5.91. The van der Waals surface area contributed by atoms with Gasteiger partial charge in [0.25, 0.3) is 0 Å². The number of hydrogen-bond donors (Lipinski definition) is 1. The van der Waals surface area contributed by atoms with Gasteiger partial charge in [-0.15, -0.1) is 0 Å². The molecule has 3 aromatic rings. The molecule has 190 valence electrons. The largest absolute Gasteiger partial charge is 0.494 e. The molecule has 0 bridgehead atoms. The standard InChI is InChI=1S/C30H30N2O5/c1-3-5-8-17-35-21-13-11-20(12-14-21)30(33)36-22-15-16-24-27(18-22)37-29(32)25(19-31)28(24)23-9-6-7-10-26(23)34-4-2/h6-7,9-16,18,28H,3-5,8,17,32H2,1-2H3. The Bertz CT molecular complexity index is 1320. The van der Waals surface area contributed by atoms with Crippen LogP contribution in [0.2, 0.25) is 0 Å². The van der Waals surface area contributed by atoms with E-state index in [-0.39, 0.29) is 5.88 Å². The number of allylic oxidation sites excluding steroid dienone is 1. The second-order valence-electron chi connectivity index (χ2n) is 8.56. The molecule has 0 saturated heterocycles. The predicted octanol–water partition coefficient (Wildman–Crippen LogP) is 6.09. The van der Waals surface area contributed by atoms with Gasteiger partial charge in [0.15, 0.2) is 0 Å². The molecule has 7 heteroatoms. The summed E-state index contributed by atoms with van der Waals surface area (Å²) in [6.07, 6.45) is 3.24. The van der Waals surface area contributed by atoms with E-state index in [0.29, 0.717) is 47.3 Å². The van der Waals surface area contributed by atoms with Crippen LogP contribution in [0.1, 0.15) is 60.5 Å². The zero-order valence-corrected chi connectivity index (χ0v) is 21.0. The van der Waals surface area contributed by atoms with Gasteiger partial charge in [-0.05, 0) is 49.7 Å². The van der Waals surface area contributed by atoms with Gasteiger partial charge in [0.2, 0.25) is 5.88 Å². The maximum Gasteiger partial charge on any atom is 0.343 e. The molecule has 1 aliphatic heterocycles. The summed E-state index contributed by atoms with van der Waals surface area (Å²) < 4.78 is 22.9. The minimum atomic E-state index is -0.507. The molecule has 1 atom stereocenters. The van der Waals surface area contributed by atoms with E-state index >= 15 is 0 Å². The number of carbonyl (C=O) groups excluding carboxylic acids is 1. The Labute approximate surface area is 217 Å². The van der Waals surface area contributed by atoms with Gasteiger partial charge in [-0.2, -0.15) is 5.26 Å². The molecule has 1 unspecified atom stereocenters. The number of benzene rings is 3. The average molecular weight is 499 g/mol. The molecule has 0 radical (unpaired) electrons. The molecule has 0 saturated carbocycles. The Morgan fingerprint density at radius 2 is 1.73 bits per heavy atom. The number of hydrogen-bond acceptors (Lipinski definition) is 7. The normalized spacial score (nSPS) is 14.2. The number of unbranched alkanes of at least 4 members (excludes halogenated alkanes) is 2. The second kappa shape index (κ2) is 12.0. The molecule has 1 aliphatic rings. The smallest absolute Gasteiger partial charge is 0.343 e. The van der Waals surface area contributed by atoms with Crippen molar-refractivity contribution in [1.82, 2.24) is 0 Å². The predicted molar refractivity (Wildman–Crippen MR) is 140 cm³/mol. The van der Waals surface area contributed by atoms with Crippen molar-refractivity contribution >= 4 is 5.97 Å². The maximum absolute atomic E-state index is 12.8. The van der Waals surface area contributed by atoms with Gasteiger partial charge in [-0.1, -0.05) is 44.0 Å². The Kier molecular flexibility index (Phi) is 8.32. The minimum absolute atomic E-state index is 0.00398. The molecular formula is C30H30N2O5. The Morgan fingerprint density at radius 3 is 2.46 bits per heavy atom. The monoisotopic (exact) mass is 498 g/mol. The summed E-state index contributed by atoms with van der Waals surface area (Å²) in [5.41, 5.74) is 8.35. The molecule has 0 aromatic heterocycles. The van der Waals surface area contributed by atoms with Gasteiger partial charge in [0, 0.05) is 17.2 Å². The number of nitrogens with zero attached hydrogens (tertiary/aromatic N) is 1. The van der Waals surface area contributed by atoms with E-state index in [9.17, 15) is 10.1 Å². The first kappa shape index (κ1) is 25.6. The minimum Gasteiger partial charge on any atom is -0.494 e. The Morgan fingerprint density at radius 1 is 0.973 bits per heavy atom. The van der Waals surface area contributed by atoms with Gasteiger partial charge in [0.05, 0.1) is 24.7 Å². The highest BCUT2D eigenvalue weighted by atomic mass is 16.5. The number of para-hydroxylation sites is 1. The van der Waals surface area contributed by atoms with Crippen LogP contribution in [0, 0.1) is 11.3 Å². The molecule has 3 aromatic carbocycles. The fourth-order valence-electron chi connectivity index (χ4n) is 4.22. The zero-order chi connectivity index (χ0) is 26.2. The van der Waals surface area contributed by atoms with E-state index in [1.165, 1.54) is 0 Å². The van der Waals surface area contributed by atoms with E-state index in [1.807, 2.05) is 31.2 Å². The molecular weight excluding hydrogens is 468 g/mol. The number of carbonyl (C=O) groups is 1. The van der Waals surface area contributed by atoms with Crippen molar-refractivity contribution in [1.29, 1.82) is 5.26 Å². The summed E-state index contributed by atoms with van der Waals surface area (Å²) in [4.78, 5) is 12.8. The molecule has 2 N–H and O–H groups in total. The van der Waals surface area contributed by atoms with Crippen molar-refractivity contribution in [2.75, 3.05) is 13.2 Å². The molecule has 0 aliphatic carbocycles. The van der Waals surface area contributed by atoms with Gasteiger partial charge < -0.3 is 24.7 Å². The van der Waals surface area contributed by atoms with Crippen molar-refractivity contribution in [2.45, 2.75) is 39.0 Å². The summed E-state index contributed by atoms with van der Waals surface area (Å²) in [6, 6.07) is 21.6. The van der Waals surface area contributed by atoms with Crippen LogP contribution in [-0.4, -0.2) is 19.2 Å².